The van der Waals surface area contributed by atoms with Crippen molar-refractivity contribution in [3.8, 4) is 21.9 Å². The van der Waals surface area contributed by atoms with Crippen molar-refractivity contribution in [2.75, 3.05) is 6.54 Å². The molecule has 5 aromatic rings. The molecule has 3 aromatic heterocycles. The first-order valence-corrected chi connectivity index (χ1v) is 16.1. The Morgan fingerprint density at radius 3 is 2.64 bits per heavy atom. The Bertz CT molecular complexity index is 1910. The lowest BCUT2D eigenvalue weighted by Crippen LogP contribution is -2.26. The van der Waals surface area contributed by atoms with Crippen LogP contribution >= 0.6 is 11.3 Å². The fourth-order valence-corrected chi connectivity index (χ4v) is 7.36. The maximum absolute atomic E-state index is 13.9. The van der Waals surface area contributed by atoms with E-state index in [9.17, 15) is 14.0 Å². The number of amides is 2. The number of benzene rings is 2. The number of aromatic nitrogens is 3. The average molecular weight is 622 g/mol. The summed E-state index contributed by atoms with van der Waals surface area (Å²) in [4.78, 5) is 35.6. The molecule has 1 aliphatic heterocycles. The predicted octanol–water partition coefficient (Wildman–Crippen LogP) is 6.88. The number of hydrogen-bond donors (Lipinski definition) is 1. The van der Waals surface area contributed by atoms with Crippen molar-refractivity contribution in [2.45, 2.75) is 58.5 Å². The van der Waals surface area contributed by atoms with Crippen molar-refractivity contribution in [1.82, 2.24) is 25.4 Å². The van der Waals surface area contributed by atoms with Gasteiger partial charge in [-0.2, -0.15) is 0 Å². The number of nitrogens with one attached hydrogen (secondary N) is 1. The number of carbonyl (C=O) groups excluding carboxylic acids is 2. The third kappa shape index (κ3) is 5.55. The van der Waals surface area contributed by atoms with Crippen molar-refractivity contribution in [3.63, 3.8) is 0 Å². The SMILES string of the molecule is CCCN1Cc2nc(CCc3ccc(F)cc3)c(-c3nnc(C)o3)c(-c3ccc(C(=O)NC4CCc5ccccc54)s3)c2C1=O. The molecule has 7 rings (SSSR count). The van der Waals surface area contributed by atoms with E-state index in [-0.39, 0.29) is 29.6 Å². The van der Waals surface area contributed by atoms with Crippen molar-refractivity contribution < 1.29 is 18.4 Å². The normalized spacial score (nSPS) is 15.4. The van der Waals surface area contributed by atoms with Crippen LogP contribution in [0.15, 0.2) is 65.1 Å². The Hall–Kier alpha value is -4.70. The molecular weight excluding hydrogens is 589 g/mol. The largest absolute Gasteiger partial charge is 0.421 e. The summed E-state index contributed by atoms with van der Waals surface area (Å²) in [5, 5.41) is 11.7. The van der Waals surface area contributed by atoms with Crippen LogP contribution in [0.2, 0.25) is 0 Å². The van der Waals surface area contributed by atoms with Crippen LogP contribution in [0.4, 0.5) is 4.39 Å². The number of thiophene rings is 1. The highest BCUT2D eigenvalue weighted by atomic mass is 32.1. The maximum atomic E-state index is 13.9. The summed E-state index contributed by atoms with van der Waals surface area (Å²) in [6.07, 6.45) is 3.71. The minimum absolute atomic E-state index is 0.0383. The summed E-state index contributed by atoms with van der Waals surface area (Å²) in [7, 11) is 0. The molecule has 8 nitrogen and oxygen atoms in total. The van der Waals surface area contributed by atoms with Gasteiger partial charge in [0.1, 0.15) is 5.82 Å². The molecule has 2 amide bonds. The second-order valence-electron chi connectivity index (χ2n) is 11.5. The second kappa shape index (κ2) is 12.0. The number of carbonyl (C=O) groups is 2. The van der Waals surface area contributed by atoms with Gasteiger partial charge in [-0.25, -0.2) is 4.39 Å². The molecule has 2 aliphatic rings. The van der Waals surface area contributed by atoms with Gasteiger partial charge in [0, 0.05) is 23.9 Å². The van der Waals surface area contributed by atoms with Gasteiger partial charge in [-0.1, -0.05) is 43.3 Å². The summed E-state index contributed by atoms with van der Waals surface area (Å²) < 4.78 is 19.6. The molecular formula is C35H32FN5O3S. The lowest BCUT2D eigenvalue weighted by molar-refractivity contribution is 0.0778. The van der Waals surface area contributed by atoms with Crippen LogP contribution in [-0.4, -0.2) is 38.4 Å². The standard InChI is InChI=1S/C35H32FN5O3S/c1-3-18-41-19-27-31(35(41)43)32(28-16-17-29(45-28)33(42)38-25-15-11-22-6-4-5-7-24(22)25)30(34-40-39-20(2)44-34)26(37-27)14-10-21-8-12-23(36)13-9-21/h4-9,12-13,16-17,25H,3,10-11,14-15,18-19H2,1-2H3,(H,38,42). The van der Waals surface area contributed by atoms with Crippen LogP contribution in [0, 0.1) is 12.7 Å². The second-order valence-corrected chi connectivity index (χ2v) is 12.6. The van der Waals surface area contributed by atoms with E-state index in [1.165, 1.54) is 29.0 Å². The zero-order valence-corrected chi connectivity index (χ0v) is 25.9. The fraction of sp³-hybridized carbons (Fsp3) is 0.286. The molecule has 45 heavy (non-hydrogen) atoms. The first-order chi connectivity index (χ1) is 21.9. The highest BCUT2D eigenvalue weighted by Gasteiger charge is 2.36. The third-order valence-corrected chi connectivity index (χ3v) is 9.60. The highest BCUT2D eigenvalue weighted by molar-refractivity contribution is 7.17. The van der Waals surface area contributed by atoms with Gasteiger partial charge in [-0.3, -0.25) is 14.6 Å². The molecule has 0 radical (unpaired) electrons. The molecule has 0 bridgehead atoms. The number of fused-ring (bicyclic) bond motifs is 2. The number of hydrogen-bond acceptors (Lipinski definition) is 7. The first kappa shape index (κ1) is 29.0. The summed E-state index contributed by atoms with van der Waals surface area (Å²) in [5.74, 6) is 0.129. The van der Waals surface area contributed by atoms with E-state index >= 15 is 0 Å². The van der Waals surface area contributed by atoms with Crippen LogP contribution in [0.5, 0.6) is 0 Å². The molecule has 1 atom stereocenters. The van der Waals surface area contributed by atoms with Gasteiger partial charge in [0.05, 0.1) is 40.0 Å². The molecule has 0 spiro atoms. The van der Waals surface area contributed by atoms with E-state index in [1.807, 2.05) is 36.1 Å². The van der Waals surface area contributed by atoms with Gasteiger partial charge in [0.15, 0.2) is 0 Å². The fourth-order valence-electron chi connectivity index (χ4n) is 6.39. The molecule has 228 valence electrons. The highest BCUT2D eigenvalue weighted by Crippen LogP contribution is 2.44. The van der Waals surface area contributed by atoms with E-state index in [0.717, 1.165) is 35.3 Å². The van der Waals surface area contributed by atoms with Crippen molar-refractivity contribution in [1.29, 1.82) is 0 Å². The molecule has 0 fully saturated rings. The van der Waals surface area contributed by atoms with Gasteiger partial charge < -0.3 is 14.6 Å². The summed E-state index contributed by atoms with van der Waals surface area (Å²) in [6, 6.07) is 18.3. The van der Waals surface area contributed by atoms with Crippen molar-refractivity contribution in [3.05, 3.63) is 111 Å². The van der Waals surface area contributed by atoms with Crippen LogP contribution in [0.1, 0.15) is 79.8 Å². The average Bonchev–Trinajstić information content (AvgIpc) is 3.84. The predicted molar refractivity (Wildman–Crippen MR) is 169 cm³/mol. The van der Waals surface area contributed by atoms with Gasteiger partial charge >= 0.3 is 0 Å². The monoisotopic (exact) mass is 621 g/mol. The molecule has 0 saturated carbocycles. The van der Waals surface area contributed by atoms with E-state index < -0.39 is 0 Å². The van der Waals surface area contributed by atoms with Gasteiger partial charge in [0.2, 0.25) is 11.8 Å². The smallest absolute Gasteiger partial charge is 0.261 e. The Labute approximate surface area is 264 Å². The Morgan fingerprint density at radius 1 is 1.04 bits per heavy atom. The minimum atomic E-state index is -0.289. The molecule has 1 aliphatic carbocycles. The third-order valence-electron chi connectivity index (χ3n) is 8.50. The molecule has 1 unspecified atom stereocenters. The number of halogens is 1. The number of rotatable bonds is 9. The summed E-state index contributed by atoms with van der Waals surface area (Å²) >= 11 is 1.34. The van der Waals surface area contributed by atoms with Gasteiger partial charge in [0.25, 0.3) is 11.8 Å². The zero-order valence-electron chi connectivity index (χ0n) is 25.1. The Kier molecular flexibility index (Phi) is 7.75. The van der Waals surface area contributed by atoms with Gasteiger partial charge in [-0.05, 0) is 73.1 Å². The van der Waals surface area contributed by atoms with Crippen molar-refractivity contribution in [2.24, 2.45) is 0 Å². The van der Waals surface area contributed by atoms with E-state index in [0.29, 0.717) is 64.8 Å². The van der Waals surface area contributed by atoms with E-state index in [4.69, 9.17) is 9.40 Å². The molecule has 4 heterocycles. The topological polar surface area (TPSA) is 101 Å². The summed E-state index contributed by atoms with van der Waals surface area (Å²) in [5.41, 5.74) is 6.57. The molecule has 0 saturated heterocycles. The number of pyridine rings is 1. The Morgan fingerprint density at radius 2 is 1.87 bits per heavy atom. The maximum Gasteiger partial charge on any atom is 0.261 e. The van der Waals surface area contributed by atoms with Gasteiger partial charge in [-0.15, -0.1) is 21.5 Å². The lowest BCUT2D eigenvalue weighted by atomic mass is 9.94. The molecule has 2 aromatic carbocycles. The zero-order chi connectivity index (χ0) is 31.1. The van der Waals surface area contributed by atoms with E-state index in [1.54, 1.807) is 19.1 Å². The van der Waals surface area contributed by atoms with Crippen LogP contribution in [0.25, 0.3) is 21.9 Å². The van der Waals surface area contributed by atoms with E-state index in [2.05, 4.69) is 27.6 Å². The van der Waals surface area contributed by atoms with Crippen LogP contribution < -0.4 is 5.32 Å². The summed E-state index contributed by atoms with van der Waals surface area (Å²) in [6.45, 7) is 4.77. The molecule has 1 N–H and O–H groups in total. The Balaban J connectivity index is 1.31. The van der Waals surface area contributed by atoms with Crippen LogP contribution in [0.3, 0.4) is 0 Å². The first-order valence-electron chi connectivity index (χ1n) is 15.3. The number of aryl methyl sites for hydroxylation is 4. The van der Waals surface area contributed by atoms with Crippen molar-refractivity contribution >= 4 is 23.2 Å². The number of nitrogens with zero attached hydrogens (tertiary/aromatic N) is 4. The minimum Gasteiger partial charge on any atom is -0.421 e. The van der Waals surface area contributed by atoms with Crippen LogP contribution in [-0.2, 0) is 25.8 Å². The lowest BCUT2D eigenvalue weighted by Gasteiger charge is -2.15. The quantitative estimate of drug-likeness (QED) is 0.193. The molecule has 10 heteroatoms.